The van der Waals surface area contributed by atoms with Gasteiger partial charge in [0.2, 0.25) is 0 Å². The maximum absolute atomic E-state index is 14.1. The molecule has 0 radical (unpaired) electrons. The number of halogens is 1. The Hall–Kier alpha value is -1.35. The fraction of sp³-hybridized carbons (Fsp3) is 0.500. The van der Waals surface area contributed by atoms with Crippen LogP contribution >= 0.6 is 0 Å². The van der Waals surface area contributed by atoms with Gasteiger partial charge in [0.05, 0.1) is 11.9 Å². The molecular formula is C16H20FNO. The van der Waals surface area contributed by atoms with Crippen LogP contribution in [0.4, 0.5) is 4.39 Å². The molecule has 0 unspecified atom stereocenters. The zero-order chi connectivity index (χ0) is 13.4. The highest BCUT2D eigenvalue weighted by Gasteiger charge is 2.32. The van der Waals surface area contributed by atoms with Crippen LogP contribution < -0.4 is 5.32 Å². The highest BCUT2D eigenvalue weighted by atomic mass is 19.1. The summed E-state index contributed by atoms with van der Waals surface area (Å²) in [6.07, 6.45) is 3.40. The van der Waals surface area contributed by atoms with Gasteiger partial charge in [-0.15, -0.1) is 0 Å². The quantitative estimate of drug-likeness (QED) is 0.814. The van der Waals surface area contributed by atoms with E-state index >= 15 is 0 Å². The summed E-state index contributed by atoms with van der Waals surface area (Å²) in [7, 11) is 0. The van der Waals surface area contributed by atoms with Crippen LogP contribution in [0.3, 0.4) is 0 Å². The van der Waals surface area contributed by atoms with Crippen LogP contribution in [0.2, 0.25) is 0 Å². The molecule has 102 valence electrons. The van der Waals surface area contributed by atoms with Crippen LogP contribution in [0, 0.1) is 12.7 Å². The molecule has 1 aromatic heterocycles. The maximum Gasteiger partial charge on any atom is 0.140 e. The lowest BCUT2D eigenvalue weighted by molar-refractivity contribution is 0.506. The minimum Gasteiger partial charge on any atom is -0.459 e. The first-order valence-corrected chi connectivity index (χ1v) is 7.13. The minimum absolute atomic E-state index is 0.145. The molecule has 0 saturated heterocycles. The van der Waals surface area contributed by atoms with Gasteiger partial charge in [-0.3, -0.25) is 0 Å². The molecule has 0 spiro atoms. The van der Waals surface area contributed by atoms with E-state index in [2.05, 4.69) is 12.2 Å². The molecule has 19 heavy (non-hydrogen) atoms. The van der Waals surface area contributed by atoms with E-state index in [0.29, 0.717) is 12.5 Å². The third-order valence-electron chi connectivity index (χ3n) is 3.80. The molecule has 1 aliphatic carbocycles. The standard InChI is InChI=1S/C16H20FNO/c1-3-8-18-9-13-14(11-5-6-11)15-12(17)7-4-10(2)16(15)19-13/h4,7,11,18H,3,5-6,8-9H2,1-2H3. The van der Waals surface area contributed by atoms with Crippen molar-refractivity contribution in [2.45, 2.75) is 45.6 Å². The monoisotopic (exact) mass is 261 g/mol. The van der Waals surface area contributed by atoms with E-state index in [4.69, 9.17) is 4.42 Å². The number of hydrogen-bond acceptors (Lipinski definition) is 2. The Morgan fingerprint density at radius 2 is 2.16 bits per heavy atom. The van der Waals surface area contributed by atoms with Crippen molar-refractivity contribution in [1.29, 1.82) is 0 Å². The fourth-order valence-electron chi connectivity index (χ4n) is 2.68. The minimum atomic E-state index is -0.145. The lowest BCUT2D eigenvalue weighted by Gasteiger charge is -2.03. The summed E-state index contributed by atoms with van der Waals surface area (Å²) in [6.45, 7) is 5.78. The van der Waals surface area contributed by atoms with Gasteiger partial charge in [0.1, 0.15) is 17.2 Å². The highest BCUT2D eigenvalue weighted by Crippen LogP contribution is 2.47. The third-order valence-corrected chi connectivity index (χ3v) is 3.80. The van der Waals surface area contributed by atoms with Gasteiger partial charge in [-0.2, -0.15) is 0 Å². The van der Waals surface area contributed by atoms with Crippen LogP contribution in [-0.4, -0.2) is 6.54 Å². The number of fused-ring (bicyclic) bond motifs is 1. The SMILES string of the molecule is CCCNCc1oc2c(C)ccc(F)c2c1C1CC1. The molecule has 3 rings (SSSR count). The van der Waals surface area contributed by atoms with Crippen molar-refractivity contribution in [3.8, 4) is 0 Å². The van der Waals surface area contributed by atoms with Crippen molar-refractivity contribution in [2.75, 3.05) is 6.54 Å². The largest absolute Gasteiger partial charge is 0.459 e. The lowest BCUT2D eigenvalue weighted by atomic mass is 10.0. The van der Waals surface area contributed by atoms with Crippen LogP contribution in [0.5, 0.6) is 0 Å². The first-order valence-electron chi connectivity index (χ1n) is 7.13. The molecule has 1 saturated carbocycles. The molecule has 0 amide bonds. The molecule has 1 heterocycles. The van der Waals surface area contributed by atoms with Crippen molar-refractivity contribution in [3.63, 3.8) is 0 Å². The van der Waals surface area contributed by atoms with Crippen LogP contribution in [0.25, 0.3) is 11.0 Å². The summed E-state index contributed by atoms with van der Waals surface area (Å²) >= 11 is 0. The van der Waals surface area contributed by atoms with Crippen molar-refractivity contribution in [3.05, 3.63) is 34.8 Å². The summed E-state index contributed by atoms with van der Waals surface area (Å²) in [5, 5.41) is 4.08. The van der Waals surface area contributed by atoms with Gasteiger partial charge in [0.15, 0.2) is 0 Å². The molecule has 1 aliphatic rings. The number of aryl methyl sites for hydroxylation is 1. The highest BCUT2D eigenvalue weighted by molar-refractivity contribution is 5.86. The molecular weight excluding hydrogens is 241 g/mol. The van der Waals surface area contributed by atoms with Crippen molar-refractivity contribution < 1.29 is 8.81 Å². The van der Waals surface area contributed by atoms with Gasteiger partial charge in [0, 0.05) is 5.56 Å². The summed E-state index contributed by atoms with van der Waals surface area (Å²) in [6, 6.07) is 3.35. The second-order valence-electron chi connectivity index (χ2n) is 5.46. The molecule has 0 atom stereocenters. The Morgan fingerprint density at radius 3 is 2.84 bits per heavy atom. The lowest BCUT2D eigenvalue weighted by Crippen LogP contribution is -2.14. The summed E-state index contributed by atoms with van der Waals surface area (Å²) in [5.74, 6) is 1.28. The number of benzene rings is 1. The average molecular weight is 261 g/mol. The molecule has 0 aliphatic heterocycles. The maximum atomic E-state index is 14.1. The number of nitrogens with one attached hydrogen (secondary N) is 1. The Balaban J connectivity index is 2.08. The second kappa shape index (κ2) is 4.97. The number of furan rings is 1. The Morgan fingerprint density at radius 1 is 1.37 bits per heavy atom. The van der Waals surface area contributed by atoms with E-state index in [9.17, 15) is 4.39 Å². The van der Waals surface area contributed by atoms with Crippen molar-refractivity contribution >= 4 is 11.0 Å². The van der Waals surface area contributed by atoms with Gasteiger partial charge in [-0.1, -0.05) is 13.0 Å². The Bertz CT molecular complexity index is 598. The fourth-order valence-corrected chi connectivity index (χ4v) is 2.68. The summed E-state index contributed by atoms with van der Waals surface area (Å²) < 4.78 is 20.1. The van der Waals surface area contributed by atoms with E-state index in [1.807, 2.05) is 6.92 Å². The molecule has 2 aromatic rings. The predicted molar refractivity (Wildman–Crippen MR) is 74.9 cm³/mol. The van der Waals surface area contributed by atoms with Crippen molar-refractivity contribution in [2.24, 2.45) is 0 Å². The van der Waals surface area contributed by atoms with Crippen LogP contribution in [-0.2, 0) is 6.54 Å². The molecule has 2 nitrogen and oxygen atoms in total. The molecule has 1 fully saturated rings. The average Bonchev–Trinajstić information content (AvgIpc) is 3.16. The Labute approximate surface area is 113 Å². The molecule has 3 heteroatoms. The van der Waals surface area contributed by atoms with Gasteiger partial charge >= 0.3 is 0 Å². The summed E-state index contributed by atoms with van der Waals surface area (Å²) in [5.41, 5.74) is 2.86. The van der Waals surface area contributed by atoms with E-state index < -0.39 is 0 Å². The summed E-state index contributed by atoms with van der Waals surface area (Å²) in [4.78, 5) is 0. The van der Waals surface area contributed by atoms with Crippen molar-refractivity contribution in [1.82, 2.24) is 5.32 Å². The van der Waals surface area contributed by atoms with Gasteiger partial charge in [-0.05, 0) is 50.3 Å². The normalized spacial score (nSPS) is 15.3. The third kappa shape index (κ3) is 2.27. The zero-order valence-electron chi connectivity index (χ0n) is 11.6. The zero-order valence-corrected chi connectivity index (χ0v) is 11.6. The molecule has 0 bridgehead atoms. The van der Waals surface area contributed by atoms with Gasteiger partial charge < -0.3 is 9.73 Å². The van der Waals surface area contributed by atoms with E-state index in [1.54, 1.807) is 12.1 Å². The number of rotatable bonds is 5. The topological polar surface area (TPSA) is 25.2 Å². The number of hydrogen-bond donors (Lipinski definition) is 1. The first kappa shape index (κ1) is 12.7. The first-order chi connectivity index (χ1) is 9.22. The van der Waals surface area contributed by atoms with Gasteiger partial charge in [-0.25, -0.2) is 4.39 Å². The molecule has 1 N–H and O–H groups in total. The van der Waals surface area contributed by atoms with Gasteiger partial charge in [0.25, 0.3) is 0 Å². The second-order valence-corrected chi connectivity index (χ2v) is 5.46. The Kier molecular flexibility index (Phi) is 3.31. The van der Waals surface area contributed by atoms with Crippen LogP contribution in [0.15, 0.2) is 16.5 Å². The van der Waals surface area contributed by atoms with E-state index in [-0.39, 0.29) is 5.82 Å². The predicted octanol–water partition coefficient (Wildman–Crippen LogP) is 4.26. The van der Waals surface area contributed by atoms with E-state index in [1.165, 1.54) is 0 Å². The van der Waals surface area contributed by atoms with E-state index in [0.717, 1.165) is 53.7 Å². The smallest absolute Gasteiger partial charge is 0.140 e. The van der Waals surface area contributed by atoms with Crippen LogP contribution in [0.1, 0.15) is 49.0 Å². The molecule has 1 aromatic carbocycles.